The fourth-order valence-electron chi connectivity index (χ4n) is 3.77. The van der Waals surface area contributed by atoms with Gasteiger partial charge in [-0.05, 0) is 55.0 Å². The molecule has 3 aromatic rings. The lowest BCUT2D eigenvalue weighted by Gasteiger charge is -2.25. The van der Waals surface area contributed by atoms with Crippen LogP contribution in [0.4, 0.5) is 0 Å². The lowest BCUT2D eigenvalue weighted by Crippen LogP contribution is -2.34. The van der Waals surface area contributed by atoms with Gasteiger partial charge in [-0.25, -0.2) is 18.5 Å². The van der Waals surface area contributed by atoms with Crippen LogP contribution in [0.3, 0.4) is 0 Å². The second-order valence-electron chi connectivity index (χ2n) is 9.15. The average Bonchev–Trinajstić information content (AvgIpc) is 3.15. The van der Waals surface area contributed by atoms with Crippen molar-refractivity contribution < 1.29 is 23.1 Å². The van der Waals surface area contributed by atoms with E-state index >= 15 is 0 Å². The summed E-state index contributed by atoms with van der Waals surface area (Å²) in [6.45, 7) is 9.51. The van der Waals surface area contributed by atoms with Gasteiger partial charge >= 0.3 is 5.97 Å². The Morgan fingerprint density at radius 1 is 1.26 bits per heavy atom. The van der Waals surface area contributed by atoms with Gasteiger partial charge in [0, 0.05) is 18.5 Å². The van der Waals surface area contributed by atoms with Crippen LogP contribution >= 0.6 is 0 Å². The number of carboxylic acids is 1. The highest BCUT2D eigenvalue weighted by Crippen LogP contribution is 2.32. The fourth-order valence-corrected chi connectivity index (χ4v) is 4.47. The van der Waals surface area contributed by atoms with E-state index in [2.05, 4.69) is 10.1 Å². The molecule has 1 aromatic carbocycles. The van der Waals surface area contributed by atoms with E-state index in [1.165, 1.54) is 10.9 Å². The Morgan fingerprint density at radius 3 is 2.56 bits per heavy atom. The third-order valence-corrected chi connectivity index (χ3v) is 6.58. The molecule has 0 aliphatic carbocycles. The van der Waals surface area contributed by atoms with Gasteiger partial charge in [0.25, 0.3) is 0 Å². The lowest BCUT2D eigenvalue weighted by molar-refractivity contribution is -0.136. The number of aliphatic carboxylic acids is 1. The minimum absolute atomic E-state index is 0.0308. The number of carboxylic acid groups (broad SMARTS) is 1. The van der Waals surface area contributed by atoms with E-state index < -0.39 is 21.5 Å². The SMILES string of the molecule is Cc1nn(C(C)(C)COc2cc(-c3cccc(C(C)C)c3CC(=O)O)ccn2)cc1S(N)(=O)=O. The molecule has 0 saturated carbocycles. The number of benzene rings is 1. The maximum absolute atomic E-state index is 11.8. The molecule has 34 heavy (non-hydrogen) atoms. The summed E-state index contributed by atoms with van der Waals surface area (Å²) in [6, 6.07) is 9.36. The van der Waals surface area contributed by atoms with Gasteiger partial charge in [-0.1, -0.05) is 32.0 Å². The Labute approximate surface area is 199 Å². The number of ether oxygens (including phenoxy) is 1. The predicted octanol–water partition coefficient (Wildman–Crippen LogP) is 3.47. The van der Waals surface area contributed by atoms with Crippen molar-refractivity contribution in [2.24, 2.45) is 5.14 Å². The average molecular weight is 487 g/mol. The first-order chi connectivity index (χ1) is 15.8. The highest BCUT2D eigenvalue weighted by molar-refractivity contribution is 7.89. The summed E-state index contributed by atoms with van der Waals surface area (Å²) in [6.07, 6.45) is 2.93. The first-order valence-electron chi connectivity index (χ1n) is 10.8. The molecule has 0 fully saturated rings. The third-order valence-electron chi connectivity index (χ3n) is 5.56. The molecule has 0 radical (unpaired) electrons. The van der Waals surface area contributed by atoms with Crippen molar-refractivity contribution in [3.8, 4) is 17.0 Å². The Balaban J connectivity index is 1.89. The molecule has 3 N–H and O–H groups in total. The van der Waals surface area contributed by atoms with Crippen molar-refractivity contribution in [1.82, 2.24) is 14.8 Å². The standard InChI is InChI=1S/C24H30N4O5S/c1-15(2)18-7-6-8-19(20(18)12-23(29)30)17-9-10-26-22(11-17)33-14-24(4,5)28-13-21(16(3)27-28)34(25,31)32/h6-11,13,15H,12,14H2,1-5H3,(H,29,30)(H2,25,31,32). The van der Waals surface area contributed by atoms with Gasteiger partial charge < -0.3 is 9.84 Å². The summed E-state index contributed by atoms with van der Waals surface area (Å²) in [4.78, 5) is 15.8. The molecule has 0 saturated heterocycles. The van der Waals surface area contributed by atoms with Gasteiger partial charge in [0.1, 0.15) is 11.5 Å². The molecule has 3 rings (SSSR count). The summed E-state index contributed by atoms with van der Waals surface area (Å²) >= 11 is 0. The molecular formula is C24H30N4O5S. The van der Waals surface area contributed by atoms with Gasteiger partial charge in [-0.3, -0.25) is 9.48 Å². The number of sulfonamides is 1. The Bertz CT molecular complexity index is 1310. The van der Waals surface area contributed by atoms with E-state index in [1.807, 2.05) is 52.0 Å². The molecule has 2 aromatic heterocycles. The van der Waals surface area contributed by atoms with Crippen LogP contribution in [-0.2, 0) is 26.8 Å². The molecule has 10 heteroatoms. The summed E-state index contributed by atoms with van der Waals surface area (Å²) in [5.41, 5.74) is 2.99. The minimum Gasteiger partial charge on any atom is -0.481 e. The summed E-state index contributed by atoms with van der Waals surface area (Å²) in [7, 11) is -3.88. The van der Waals surface area contributed by atoms with E-state index in [9.17, 15) is 18.3 Å². The summed E-state index contributed by atoms with van der Waals surface area (Å²) < 4.78 is 31.0. The highest BCUT2D eigenvalue weighted by atomic mass is 32.2. The number of hydrogen-bond donors (Lipinski definition) is 2. The maximum atomic E-state index is 11.8. The van der Waals surface area contributed by atoms with E-state index in [4.69, 9.17) is 9.88 Å². The minimum atomic E-state index is -3.88. The molecule has 182 valence electrons. The van der Waals surface area contributed by atoms with Crippen LogP contribution in [-0.4, -0.2) is 40.9 Å². The molecule has 0 bridgehead atoms. The smallest absolute Gasteiger partial charge is 0.307 e. The molecule has 9 nitrogen and oxygen atoms in total. The third kappa shape index (κ3) is 5.63. The van der Waals surface area contributed by atoms with Crippen LogP contribution < -0.4 is 9.88 Å². The molecule has 0 aliphatic heterocycles. The molecule has 0 atom stereocenters. The van der Waals surface area contributed by atoms with Gasteiger partial charge in [0.15, 0.2) is 0 Å². The fraction of sp³-hybridized carbons (Fsp3) is 0.375. The van der Waals surface area contributed by atoms with Crippen molar-refractivity contribution in [2.75, 3.05) is 6.61 Å². The summed E-state index contributed by atoms with van der Waals surface area (Å²) in [5.74, 6) is -0.361. The van der Waals surface area contributed by atoms with E-state index in [-0.39, 0.29) is 23.8 Å². The second-order valence-corrected chi connectivity index (χ2v) is 10.7. The number of rotatable bonds is 9. The molecule has 0 unspecified atom stereocenters. The largest absolute Gasteiger partial charge is 0.481 e. The highest BCUT2D eigenvalue weighted by Gasteiger charge is 2.27. The number of nitrogens with zero attached hydrogens (tertiary/aromatic N) is 3. The maximum Gasteiger partial charge on any atom is 0.307 e. The first-order valence-corrected chi connectivity index (χ1v) is 12.4. The number of aromatic nitrogens is 3. The van der Waals surface area contributed by atoms with Crippen LogP contribution in [0.1, 0.15) is 50.4 Å². The van der Waals surface area contributed by atoms with Crippen molar-refractivity contribution >= 4 is 16.0 Å². The number of primary sulfonamides is 1. The van der Waals surface area contributed by atoms with Crippen molar-refractivity contribution in [3.63, 3.8) is 0 Å². The van der Waals surface area contributed by atoms with Crippen LogP contribution in [0.2, 0.25) is 0 Å². The van der Waals surface area contributed by atoms with Gasteiger partial charge in [-0.15, -0.1) is 0 Å². The molecule has 0 aliphatic rings. The number of hydrogen-bond acceptors (Lipinski definition) is 6. The van der Waals surface area contributed by atoms with E-state index in [0.29, 0.717) is 11.6 Å². The molecule has 0 spiro atoms. The Morgan fingerprint density at radius 2 is 1.97 bits per heavy atom. The van der Waals surface area contributed by atoms with Crippen LogP contribution in [0, 0.1) is 6.92 Å². The number of carbonyl (C=O) groups is 1. The van der Waals surface area contributed by atoms with E-state index in [1.54, 1.807) is 19.2 Å². The van der Waals surface area contributed by atoms with E-state index in [0.717, 1.165) is 22.3 Å². The quantitative estimate of drug-likeness (QED) is 0.472. The predicted molar refractivity (Wildman–Crippen MR) is 128 cm³/mol. The van der Waals surface area contributed by atoms with Gasteiger partial charge in [0.05, 0.1) is 17.7 Å². The van der Waals surface area contributed by atoms with Crippen LogP contribution in [0.15, 0.2) is 47.6 Å². The zero-order chi connectivity index (χ0) is 25.3. The topological polar surface area (TPSA) is 137 Å². The van der Waals surface area contributed by atoms with Crippen molar-refractivity contribution in [3.05, 3.63) is 59.5 Å². The number of pyridine rings is 1. The number of nitrogens with two attached hydrogens (primary N) is 1. The normalized spacial score (nSPS) is 12.2. The van der Waals surface area contributed by atoms with Crippen LogP contribution in [0.5, 0.6) is 5.88 Å². The second kappa shape index (κ2) is 9.55. The molecule has 2 heterocycles. The molecule has 0 amide bonds. The zero-order valence-electron chi connectivity index (χ0n) is 19.9. The van der Waals surface area contributed by atoms with Gasteiger partial charge in [0.2, 0.25) is 15.9 Å². The lowest BCUT2D eigenvalue weighted by atomic mass is 9.89. The zero-order valence-corrected chi connectivity index (χ0v) is 20.8. The molecular weight excluding hydrogens is 456 g/mol. The van der Waals surface area contributed by atoms with Crippen LogP contribution in [0.25, 0.3) is 11.1 Å². The van der Waals surface area contributed by atoms with Crippen molar-refractivity contribution in [1.29, 1.82) is 0 Å². The Hall–Kier alpha value is -3.24. The summed E-state index contributed by atoms with van der Waals surface area (Å²) in [5, 5.41) is 19.0. The first kappa shape index (κ1) is 25.4. The Kier molecular flexibility index (Phi) is 7.13. The monoisotopic (exact) mass is 486 g/mol. The number of aryl methyl sites for hydroxylation is 1. The van der Waals surface area contributed by atoms with Gasteiger partial charge in [-0.2, -0.15) is 5.10 Å². The van der Waals surface area contributed by atoms with Crippen molar-refractivity contribution in [2.45, 2.75) is 57.4 Å².